The summed E-state index contributed by atoms with van der Waals surface area (Å²) in [4.78, 5) is 0. The van der Waals surface area contributed by atoms with Gasteiger partial charge in [-0.05, 0) is 41.3 Å². The first-order chi connectivity index (χ1) is 9.85. The van der Waals surface area contributed by atoms with Crippen molar-refractivity contribution in [3.63, 3.8) is 0 Å². The van der Waals surface area contributed by atoms with Crippen molar-refractivity contribution in [1.29, 1.82) is 0 Å². The summed E-state index contributed by atoms with van der Waals surface area (Å²) in [5.74, 6) is 0.464. The van der Waals surface area contributed by atoms with Crippen LogP contribution in [0.4, 0.5) is 0 Å². The second kappa shape index (κ2) is 6.18. The summed E-state index contributed by atoms with van der Waals surface area (Å²) in [6.45, 7) is 4.17. The van der Waals surface area contributed by atoms with Crippen LogP contribution >= 0.6 is 0 Å². The fourth-order valence-electron chi connectivity index (χ4n) is 1.88. The quantitative estimate of drug-likeness (QED) is 0.860. The van der Waals surface area contributed by atoms with Crippen LogP contribution < -0.4 is 4.18 Å². The highest BCUT2D eigenvalue weighted by atomic mass is 32.2. The number of hydrogen-bond acceptors (Lipinski definition) is 4. The van der Waals surface area contributed by atoms with E-state index in [0.717, 1.165) is 5.56 Å². The monoisotopic (exact) mass is 306 g/mol. The molecule has 2 aromatic rings. The first-order valence-corrected chi connectivity index (χ1v) is 8.23. The molecule has 0 saturated heterocycles. The van der Waals surface area contributed by atoms with Crippen molar-refractivity contribution in [2.24, 2.45) is 0 Å². The number of aromatic hydroxyl groups is 1. The molecule has 0 unspecified atom stereocenters. The van der Waals surface area contributed by atoms with Crippen LogP contribution in [-0.2, 0) is 15.9 Å². The summed E-state index contributed by atoms with van der Waals surface area (Å²) in [7, 11) is -3.72. The van der Waals surface area contributed by atoms with Gasteiger partial charge in [0.25, 0.3) is 0 Å². The summed E-state index contributed by atoms with van der Waals surface area (Å²) in [5, 5.41) is 9.16. The van der Waals surface area contributed by atoms with Gasteiger partial charge in [0.05, 0.1) is 0 Å². The van der Waals surface area contributed by atoms with E-state index < -0.39 is 10.1 Å². The molecule has 0 bridgehead atoms. The van der Waals surface area contributed by atoms with Gasteiger partial charge in [-0.3, -0.25) is 0 Å². The van der Waals surface area contributed by atoms with E-state index in [-0.39, 0.29) is 17.3 Å². The fourth-order valence-corrected chi connectivity index (χ4v) is 2.94. The lowest BCUT2D eigenvalue weighted by molar-refractivity contribution is 0.468. The molecule has 21 heavy (non-hydrogen) atoms. The van der Waals surface area contributed by atoms with Gasteiger partial charge in [-0.1, -0.05) is 38.1 Å². The zero-order valence-electron chi connectivity index (χ0n) is 12.0. The van der Waals surface area contributed by atoms with Gasteiger partial charge in [0, 0.05) is 0 Å². The second-order valence-corrected chi connectivity index (χ2v) is 6.75. The van der Waals surface area contributed by atoms with E-state index in [4.69, 9.17) is 9.29 Å². The topological polar surface area (TPSA) is 63.6 Å². The smallest absolute Gasteiger partial charge is 0.313 e. The Kier molecular flexibility index (Phi) is 4.53. The predicted molar refractivity (Wildman–Crippen MR) is 81.9 cm³/mol. The van der Waals surface area contributed by atoms with Crippen molar-refractivity contribution in [3.8, 4) is 11.5 Å². The SMILES string of the molecule is CC(C)c1ccc(CS(=O)(=O)Oc2ccc(O)cc2)cc1. The number of phenols is 1. The van der Waals surface area contributed by atoms with Gasteiger partial charge in [0.2, 0.25) is 0 Å². The molecular formula is C16H18O4S. The highest BCUT2D eigenvalue weighted by Crippen LogP contribution is 2.20. The number of phenolic OH excluding ortho intramolecular Hbond substituents is 1. The molecule has 2 rings (SSSR count). The number of benzene rings is 2. The highest BCUT2D eigenvalue weighted by Gasteiger charge is 2.14. The third-order valence-corrected chi connectivity index (χ3v) is 4.18. The lowest BCUT2D eigenvalue weighted by atomic mass is 10.0. The number of rotatable bonds is 5. The van der Waals surface area contributed by atoms with Gasteiger partial charge in [-0.2, -0.15) is 8.42 Å². The Morgan fingerprint density at radius 2 is 1.57 bits per heavy atom. The molecule has 0 heterocycles. The van der Waals surface area contributed by atoms with Crippen molar-refractivity contribution in [2.75, 3.05) is 0 Å². The largest absolute Gasteiger partial charge is 0.508 e. The molecule has 112 valence electrons. The van der Waals surface area contributed by atoms with E-state index >= 15 is 0 Å². The minimum absolute atomic E-state index is 0.0593. The van der Waals surface area contributed by atoms with Crippen LogP contribution in [0.25, 0.3) is 0 Å². The van der Waals surface area contributed by atoms with Crippen molar-refractivity contribution >= 4 is 10.1 Å². The van der Waals surface area contributed by atoms with E-state index in [0.29, 0.717) is 11.5 Å². The Bertz CT molecular complexity index is 686. The van der Waals surface area contributed by atoms with Crippen LogP contribution in [0.3, 0.4) is 0 Å². The minimum atomic E-state index is -3.72. The van der Waals surface area contributed by atoms with Crippen LogP contribution in [0, 0.1) is 0 Å². The molecule has 0 amide bonds. The van der Waals surface area contributed by atoms with Gasteiger partial charge in [-0.25, -0.2) is 0 Å². The maximum absolute atomic E-state index is 12.0. The van der Waals surface area contributed by atoms with Crippen LogP contribution in [0.15, 0.2) is 48.5 Å². The summed E-state index contributed by atoms with van der Waals surface area (Å²) in [6, 6.07) is 13.0. The molecule has 0 spiro atoms. The van der Waals surface area contributed by atoms with Gasteiger partial charge in [0.1, 0.15) is 17.3 Å². The molecule has 0 saturated carbocycles. The zero-order chi connectivity index (χ0) is 15.5. The third-order valence-electron chi connectivity index (χ3n) is 3.05. The van der Waals surface area contributed by atoms with E-state index in [1.807, 2.05) is 12.1 Å². The summed E-state index contributed by atoms with van der Waals surface area (Å²) in [5.41, 5.74) is 1.84. The maximum Gasteiger partial charge on any atom is 0.313 e. The van der Waals surface area contributed by atoms with Gasteiger partial charge in [-0.15, -0.1) is 0 Å². The average molecular weight is 306 g/mol. The van der Waals surface area contributed by atoms with E-state index in [1.165, 1.54) is 24.3 Å². The van der Waals surface area contributed by atoms with Crippen LogP contribution in [0.5, 0.6) is 11.5 Å². The Balaban J connectivity index is 2.08. The molecule has 2 aromatic carbocycles. The van der Waals surface area contributed by atoms with Crippen molar-refractivity contribution < 1.29 is 17.7 Å². The summed E-state index contributed by atoms with van der Waals surface area (Å²) >= 11 is 0. The maximum atomic E-state index is 12.0. The van der Waals surface area contributed by atoms with E-state index in [9.17, 15) is 8.42 Å². The Morgan fingerprint density at radius 1 is 1.00 bits per heavy atom. The third kappa shape index (κ3) is 4.49. The van der Waals surface area contributed by atoms with Crippen LogP contribution in [0.2, 0.25) is 0 Å². The zero-order valence-corrected chi connectivity index (χ0v) is 12.8. The van der Waals surface area contributed by atoms with Gasteiger partial charge >= 0.3 is 10.1 Å². The van der Waals surface area contributed by atoms with E-state index in [1.54, 1.807) is 12.1 Å². The van der Waals surface area contributed by atoms with Gasteiger partial charge < -0.3 is 9.29 Å². The standard InChI is InChI=1S/C16H18O4S/c1-12(2)14-5-3-13(4-6-14)11-21(18,19)20-16-9-7-15(17)8-10-16/h3-10,12,17H,11H2,1-2H3. The molecule has 0 radical (unpaired) electrons. The average Bonchev–Trinajstić information content (AvgIpc) is 2.41. The van der Waals surface area contributed by atoms with Crippen molar-refractivity contribution in [3.05, 3.63) is 59.7 Å². The lowest BCUT2D eigenvalue weighted by Gasteiger charge is -2.09. The second-order valence-electron chi connectivity index (χ2n) is 5.18. The van der Waals surface area contributed by atoms with Crippen LogP contribution in [-0.4, -0.2) is 13.5 Å². The molecular weight excluding hydrogens is 288 g/mol. The van der Waals surface area contributed by atoms with Crippen molar-refractivity contribution in [1.82, 2.24) is 0 Å². The predicted octanol–water partition coefficient (Wildman–Crippen LogP) is 3.42. The normalized spacial score (nSPS) is 11.6. The fraction of sp³-hybridized carbons (Fsp3) is 0.250. The highest BCUT2D eigenvalue weighted by molar-refractivity contribution is 7.86. The number of hydrogen-bond donors (Lipinski definition) is 1. The minimum Gasteiger partial charge on any atom is -0.508 e. The molecule has 0 atom stereocenters. The molecule has 0 aliphatic carbocycles. The summed E-state index contributed by atoms with van der Waals surface area (Å²) in [6.07, 6.45) is 0. The molecule has 0 aliphatic rings. The molecule has 5 heteroatoms. The first kappa shape index (κ1) is 15.4. The lowest BCUT2D eigenvalue weighted by Crippen LogP contribution is -2.12. The Morgan fingerprint density at radius 3 is 2.10 bits per heavy atom. The molecule has 0 fully saturated rings. The molecule has 1 N–H and O–H groups in total. The van der Waals surface area contributed by atoms with Gasteiger partial charge in [0.15, 0.2) is 0 Å². The van der Waals surface area contributed by atoms with Crippen LogP contribution in [0.1, 0.15) is 30.9 Å². The summed E-state index contributed by atoms with van der Waals surface area (Å²) < 4.78 is 29.0. The molecule has 0 aliphatic heterocycles. The van der Waals surface area contributed by atoms with E-state index in [2.05, 4.69) is 13.8 Å². The molecule has 0 aromatic heterocycles. The first-order valence-electron chi connectivity index (χ1n) is 6.66. The Labute approximate surface area is 125 Å². The molecule has 4 nitrogen and oxygen atoms in total. The van der Waals surface area contributed by atoms with Crippen molar-refractivity contribution in [2.45, 2.75) is 25.5 Å². The Hall–Kier alpha value is -2.01.